The first-order chi connectivity index (χ1) is 10.3. The Kier molecular flexibility index (Phi) is 5.38. The van der Waals surface area contributed by atoms with Gasteiger partial charge in [0.2, 0.25) is 0 Å². The third-order valence-electron chi connectivity index (χ3n) is 3.13. The minimum Gasteiger partial charge on any atom is -0.292 e. The number of benzene rings is 1. The van der Waals surface area contributed by atoms with Crippen LogP contribution in [0.15, 0.2) is 29.2 Å². The number of aryl methyl sites for hydroxylation is 1. The molecule has 0 radical (unpaired) electrons. The van der Waals surface area contributed by atoms with E-state index in [1.165, 1.54) is 10.5 Å². The van der Waals surface area contributed by atoms with Crippen molar-refractivity contribution >= 4 is 50.4 Å². The third-order valence-corrected chi connectivity index (χ3v) is 5.21. The molecule has 0 aliphatic carbocycles. The zero-order valence-electron chi connectivity index (χ0n) is 11.9. The zero-order chi connectivity index (χ0) is 16.3. The van der Waals surface area contributed by atoms with Gasteiger partial charge in [-0.3, -0.25) is 14.2 Å². The summed E-state index contributed by atoms with van der Waals surface area (Å²) in [6.45, 7) is 1.92. The van der Waals surface area contributed by atoms with Crippen LogP contribution in [0, 0.1) is 0 Å². The Hall–Kier alpha value is -1.22. The average molecular weight is 357 g/mol. The highest BCUT2D eigenvalue weighted by atomic mass is 32.2. The topological polar surface area (TPSA) is 74.7 Å². The van der Waals surface area contributed by atoms with Gasteiger partial charge in [0.25, 0.3) is 16.0 Å². The van der Waals surface area contributed by atoms with Gasteiger partial charge in [-0.15, -0.1) is 0 Å². The number of hydrogen-bond donors (Lipinski definition) is 1. The number of thiocarbonyl (C=S) groups is 1. The average Bonchev–Trinajstić information content (AvgIpc) is 2.71. The Morgan fingerprint density at radius 2 is 1.95 bits per heavy atom. The largest absolute Gasteiger partial charge is 0.292 e. The van der Waals surface area contributed by atoms with Crippen LogP contribution in [0.1, 0.15) is 18.1 Å². The molecule has 1 aliphatic rings. The van der Waals surface area contributed by atoms with Gasteiger partial charge >= 0.3 is 0 Å². The maximum atomic E-state index is 12.2. The third kappa shape index (κ3) is 4.39. The number of carbonyl (C=O) groups excluding carboxylic acids is 1. The van der Waals surface area contributed by atoms with Crippen molar-refractivity contribution in [3.05, 3.63) is 40.3 Å². The van der Waals surface area contributed by atoms with E-state index in [0.717, 1.165) is 23.7 Å². The SMILES string of the molecule is CCc1ccc(/C=C2\SC(=S)N(CCS(=O)(=O)O)C2=O)cc1. The van der Waals surface area contributed by atoms with Crippen LogP contribution in [0.5, 0.6) is 0 Å². The molecule has 0 aromatic heterocycles. The standard InChI is InChI=1S/C14H15NO4S3/c1-2-10-3-5-11(6-4-10)9-12-13(16)15(14(20)21-12)7-8-22(17,18)19/h3-6,9H,2,7-8H2,1H3,(H,17,18,19)/b12-9-. The summed E-state index contributed by atoms with van der Waals surface area (Å²) in [6.07, 6.45) is 2.67. The monoisotopic (exact) mass is 357 g/mol. The second kappa shape index (κ2) is 6.91. The van der Waals surface area contributed by atoms with Crippen LogP contribution in [0.2, 0.25) is 0 Å². The van der Waals surface area contributed by atoms with E-state index in [2.05, 4.69) is 6.92 Å². The van der Waals surface area contributed by atoms with Crippen molar-refractivity contribution in [1.82, 2.24) is 4.90 Å². The van der Waals surface area contributed by atoms with Crippen LogP contribution in [0.3, 0.4) is 0 Å². The van der Waals surface area contributed by atoms with Gasteiger partial charge < -0.3 is 0 Å². The van der Waals surface area contributed by atoms with E-state index in [-0.39, 0.29) is 12.5 Å². The van der Waals surface area contributed by atoms with E-state index in [4.69, 9.17) is 16.8 Å². The first-order valence-electron chi connectivity index (χ1n) is 6.59. The summed E-state index contributed by atoms with van der Waals surface area (Å²) < 4.78 is 30.6. The second-order valence-electron chi connectivity index (χ2n) is 4.71. The van der Waals surface area contributed by atoms with Crippen LogP contribution in [0.25, 0.3) is 6.08 Å². The summed E-state index contributed by atoms with van der Waals surface area (Å²) in [5.74, 6) is -0.865. The molecular weight excluding hydrogens is 342 g/mol. The normalized spacial score (nSPS) is 17.5. The zero-order valence-corrected chi connectivity index (χ0v) is 14.3. The molecule has 0 saturated carbocycles. The van der Waals surface area contributed by atoms with Gasteiger partial charge in [-0.05, 0) is 23.6 Å². The lowest BCUT2D eigenvalue weighted by Crippen LogP contribution is -2.32. The summed E-state index contributed by atoms with van der Waals surface area (Å²) in [5.41, 5.74) is 2.09. The van der Waals surface area contributed by atoms with E-state index < -0.39 is 15.9 Å². The molecule has 1 saturated heterocycles. The number of amides is 1. The van der Waals surface area contributed by atoms with Crippen molar-refractivity contribution in [2.24, 2.45) is 0 Å². The van der Waals surface area contributed by atoms with Crippen molar-refractivity contribution in [3.8, 4) is 0 Å². The second-order valence-corrected chi connectivity index (χ2v) is 7.96. The van der Waals surface area contributed by atoms with Crippen molar-refractivity contribution in [3.63, 3.8) is 0 Å². The number of thioether (sulfide) groups is 1. The predicted octanol–water partition coefficient (Wildman–Crippen LogP) is 2.34. The fourth-order valence-corrected chi connectivity index (χ4v) is 3.62. The van der Waals surface area contributed by atoms with Crippen molar-refractivity contribution in [2.75, 3.05) is 12.3 Å². The number of hydrogen-bond acceptors (Lipinski definition) is 5. The molecule has 22 heavy (non-hydrogen) atoms. The lowest BCUT2D eigenvalue weighted by molar-refractivity contribution is -0.121. The van der Waals surface area contributed by atoms with Crippen LogP contribution in [0.4, 0.5) is 0 Å². The van der Waals surface area contributed by atoms with Crippen LogP contribution in [-0.2, 0) is 21.3 Å². The maximum absolute atomic E-state index is 12.2. The predicted molar refractivity (Wildman–Crippen MR) is 92.1 cm³/mol. The molecule has 2 rings (SSSR count). The minimum atomic E-state index is -4.12. The summed E-state index contributed by atoms with van der Waals surface area (Å²) in [4.78, 5) is 13.9. The minimum absolute atomic E-state index is 0.143. The van der Waals surface area contributed by atoms with Crippen molar-refractivity contribution in [2.45, 2.75) is 13.3 Å². The quantitative estimate of drug-likeness (QED) is 0.495. The van der Waals surface area contributed by atoms with Crippen LogP contribution in [-0.4, -0.2) is 40.4 Å². The van der Waals surface area contributed by atoms with Gasteiger partial charge in [0.05, 0.1) is 10.7 Å². The van der Waals surface area contributed by atoms with Gasteiger partial charge in [0, 0.05) is 6.54 Å². The molecule has 0 atom stereocenters. The van der Waals surface area contributed by atoms with Crippen LogP contribution >= 0.6 is 24.0 Å². The van der Waals surface area contributed by atoms with Crippen molar-refractivity contribution < 1.29 is 17.8 Å². The number of nitrogens with zero attached hydrogens (tertiary/aromatic N) is 1. The Labute approximate surface area is 139 Å². The Morgan fingerprint density at radius 1 is 1.32 bits per heavy atom. The van der Waals surface area contributed by atoms with E-state index in [1.54, 1.807) is 6.08 Å². The number of carbonyl (C=O) groups is 1. The molecule has 1 amide bonds. The van der Waals surface area contributed by atoms with E-state index in [9.17, 15) is 13.2 Å². The summed E-state index contributed by atoms with van der Waals surface area (Å²) >= 11 is 6.22. The molecule has 0 spiro atoms. The van der Waals surface area contributed by atoms with Gasteiger partial charge in [0.15, 0.2) is 0 Å². The van der Waals surface area contributed by atoms with Crippen molar-refractivity contribution in [1.29, 1.82) is 0 Å². The van der Waals surface area contributed by atoms with Crippen LogP contribution < -0.4 is 0 Å². The molecule has 0 unspecified atom stereocenters. The van der Waals surface area contributed by atoms with Gasteiger partial charge in [-0.2, -0.15) is 8.42 Å². The molecule has 1 aliphatic heterocycles. The molecule has 1 heterocycles. The molecule has 1 aromatic carbocycles. The summed E-state index contributed by atoms with van der Waals surface area (Å²) in [5, 5.41) is 0. The Balaban J connectivity index is 2.14. The molecule has 1 aromatic rings. The molecule has 0 bridgehead atoms. The van der Waals surface area contributed by atoms with Gasteiger partial charge in [-0.1, -0.05) is 55.2 Å². The molecular formula is C14H15NO4S3. The maximum Gasteiger partial charge on any atom is 0.266 e. The van der Waals surface area contributed by atoms with E-state index >= 15 is 0 Å². The highest BCUT2D eigenvalue weighted by Gasteiger charge is 2.32. The Morgan fingerprint density at radius 3 is 2.50 bits per heavy atom. The lowest BCUT2D eigenvalue weighted by atomic mass is 10.1. The van der Waals surface area contributed by atoms with Gasteiger partial charge in [0.1, 0.15) is 4.32 Å². The fourth-order valence-electron chi connectivity index (χ4n) is 1.90. The molecule has 118 valence electrons. The molecule has 1 fully saturated rings. The van der Waals surface area contributed by atoms with Gasteiger partial charge in [-0.25, -0.2) is 0 Å². The highest BCUT2D eigenvalue weighted by Crippen LogP contribution is 2.32. The molecule has 5 nitrogen and oxygen atoms in total. The first-order valence-corrected chi connectivity index (χ1v) is 9.43. The molecule has 8 heteroatoms. The number of rotatable bonds is 5. The highest BCUT2D eigenvalue weighted by molar-refractivity contribution is 8.26. The summed E-state index contributed by atoms with van der Waals surface area (Å²) in [7, 11) is -4.12. The Bertz CT molecular complexity index is 723. The fraction of sp³-hybridized carbons (Fsp3) is 0.286. The molecule has 1 N–H and O–H groups in total. The summed E-state index contributed by atoms with van der Waals surface area (Å²) in [6, 6.07) is 7.82. The van der Waals surface area contributed by atoms with E-state index in [0.29, 0.717) is 9.23 Å². The first kappa shape index (κ1) is 17.1. The smallest absolute Gasteiger partial charge is 0.266 e. The van der Waals surface area contributed by atoms with E-state index in [1.807, 2.05) is 24.3 Å². The lowest BCUT2D eigenvalue weighted by Gasteiger charge is -2.12.